The number of para-hydroxylation sites is 1. The third-order valence-electron chi connectivity index (χ3n) is 6.61. The van der Waals surface area contributed by atoms with Gasteiger partial charge < -0.3 is 14.8 Å². The number of anilines is 1. The number of aromatic nitrogens is 3. The first-order valence-corrected chi connectivity index (χ1v) is 12.3. The summed E-state index contributed by atoms with van der Waals surface area (Å²) in [6.07, 6.45) is 1.99. The number of aryl methyl sites for hydroxylation is 1. The molecule has 0 radical (unpaired) electrons. The smallest absolute Gasteiger partial charge is 0.308 e. The summed E-state index contributed by atoms with van der Waals surface area (Å²) < 4.78 is 17.5. The lowest BCUT2D eigenvalue weighted by atomic mass is 10.0. The minimum absolute atomic E-state index is 0.305. The van der Waals surface area contributed by atoms with Gasteiger partial charge in [0.1, 0.15) is 11.6 Å². The highest BCUT2D eigenvalue weighted by molar-refractivity contribution is 6.30. The van der Waals surface area contributed by atoms with Crippen molar-refractivity contribution in [2.45, 2.75) is 19.5 Å². The fraction of sp³-hybridized carbons (Fsp3) is 0.103. The predicted octanol–water partition coefficient (Wildman–Crippen LogP) is 6.90. The van der Waals surface area contributed by atoms with Crippen LogP contribution in [-0.2, 0) is 6.54 Å². The lowest BCUT2D eigenvalue weighted by molar-refractivity contribution is 0.194. The highest BCUT2D eigenvalue weighted by Gasteiger charge is 2.36. The number of halogens is 2. The van der Waals surface area contributed by atoms with Gasteiger partial charge in [-0.05, 0) is 73.2 Å². The maximum absolute atomic E-state index is 13.9. The van der Waals surface area contributed by atoms with Gasteiger partial charge in [-0.3, -0.25) is 0 Å². The van der Waals surface area contributed by atoms with Crippen LogP contribution in [0.25, 0.3) is 11.5 Å². The van der Waals surface area contributed by atoms with Crippen LogP contribution < -0.4 is 5.32 Å². The quantitative estimate of drug-likeness (QED) is 0.286. The van der Waals surface area contributed by atoms with Gasteiger partial charge in [-0.15, -0.1) is 0 Å². The third-order valence-corrected chi connectivity index (χ3v) is 6.84. The Kier molecular flexibility index (Phi) is 5.77. The number of nitrogens with one attached hydrogen (secondary N) is 1. The van der Waals surface area contributed by atoms with Crippen molar-refractivity contribution in [3.8, 4) is 11.5 Å². The lowest BCUT2D eigenvalue weighted by Crippen LogP contribution is -2.38. The van der Waals surface area contributed by atoms with Crippen LogP contribution in [0.4, 0.5) is 14.9 Å². The van der Waals surface area contributed by atoms with Crippen LogP contribution in [0.2, 0.25) is 5.02 Å². The van der Waals surface area contributed by atoms with E-state index in [0.29, 0.717) is 17.3 Å². The number of carbonyl (C=O) groups excluding carboxylic acids is 1. The Hall–Kier alpha value is -4.36. The summed E-state index contributed by atoms with van der Waals surface area (Å²) in [5.41, 5.74) is 4.96. The first kappa shape index (κ1) is 23.1. The highest BCUT2D eigenvalue weighted by Crippen LogP contribution is 2.39. The Morgan fingerprint density at radius 2 is 1.78 bits per heavy atom. The SMILES string of the molecule is Cc1nn(-c2ccccc2)c2c1CN(C(=O)Nc1ccc(F)cc1)C(c1cccc(Cl)c1)c1cccn1-2. The third kappa shape index (κ3) is 4.17. The van der Waals surface area contributed by atoms with Gasteiger partial charge in [0.05, 0.1) is 29.7 Å². The number of carbonyl (C=O) groups is 1. The van der Waals surface area contributed by atoms with Crippen molar-refractivity contribution in [3.05, 3.63) is 131 Å². The summed E-state index contributed by atoms with van der Waals surface area (Å²) in [5, 5.41) is 8.39. The predicted molar refractivity (Wildman–Crippen MR) is 142 cm³/mol. The van der Waals surface area contributed by atoms with Gasteiger partial charge in [0, 0.05) is 22.5 Å². The first-order valence-electron chi connectivity index (χ1n) is 11.9. The van der Waals surface area contributed by atoms with Crippen LogP contribution in [0.3, 0.4) is 0 Å². The Balaban J connectivity index is 1.53. The van der Waals surface area contributed by atoms with Crippen molar-refractivity contribution in [2.24, 2.45) is 0 Å². The second-order valence-corrected chi connectivity index (χ2v) is 9.40. The highest BCUT2D eigenvalue weighted by atomic mass is 35.5. The molecule has 1 aliphatic heterocycles. The van der Waals surface area contributed by atoms with Crippen LogP contribution >= 0.6 is 11.6 Å². The zero-order valence-electron chi connectivity index (χ0n) is 20.0. The molecular formula is C29H23ClFN5O. The van der Waals surface area contributed by atoms with Gasteiger partial charge in [-0.2, -0.15) is 5.10 Å². The van der Waals surface area contributed by atoms with Crippen molar-refractivity contribution in [1.29, 1.82) is 0 Å². The number of fused-ring (bicyclic) bond motifs is 3. The average Bonchev–Trinajstić information content (AvgIpc) is 3.46. The lowest BCUT2D eigenvalue weighted by Gasteiger charge is -2.31. The normalized spacial score (nSPS) is 14.6. The second kappa shape index (κ2) is 9.26. The van der Waals surface area contributed by atoms with Crippen molar-refractivity contribution in [2.75, 3.05) is 5.32 Å². The van der Waals surface area contributed by atoms with E-state index in [4.69, 9.17) is 16.7 Å². The Morgan fingerprint density at radius 1 is 1.00 bits per heavy atom. The molecule has 6 nitrogen and oxygen atoms in total. The zero-order valence-corrected chi connectivity index (χ0v) is 20.7. The van der Waals surface area contributed by atoms with Gasteiger partial charge in [0.15, 0.2) is 0 Å². The fourth-order valence-corrected chi connectivity index (χ4v) is 5.10. The number of urea groups is 1. The molecule has 2 amide bonds. The van der Waals surface area contributed by atoms with Crippen molar-refractivity contribution >= 4 is 23.3 Å². The van der Waals surface area contributed by atoms with E-state index in [2.05, 4.69) is 9.88 Å². The molecule has 1 aliphatic rings. The molecule has 0 saturated carbocycles. The molecule has 0 bridgehead atoms. The first-order chi connectivity index (χ1) is 18.0. The number of hydrogen-bond acceptors (Lipinski definition) is 2. The zero-order chi connectivity index (χ0) is 25.5. The molecule has 1 unspecified atom stereocenters. The maximum Gasteiger partial charge on any atom is 0.322 e. The minimum Gasteiger partial charge on any atom is -0.308 e. The van der Waals surface area contributed by atoms with Crippen LogP contribution in [0.1, 0.15) is 28.6 Å². The molecule has 6 rings (SSSR count). The molecule has 3 heterocycles. The molecule has 8 heteroatoms. The molecule has 2 aromatic heterocycles. The number of amides is 2. The Morgan fingerprint density at radius 3 is 2.54 bits per heavy atom. The van der Waals surface area contributed by atoms with Crippen LogP contribution in [0.15, 0.2) is 97.2 Å². The summed E-state index contributed by atoms with van der Waals surface area (Å²) in [7, 11) is 0. The molecule has 184 valence electrons. The Labute approximate surface area is 218 Å². The van der Waals surface area contributed by atoms with E-state index in [-0.39, 0.29) is 11.8 Å². The van der Waals surface area contributed by atoms with E-state index >= 15 is 0 Å². The van der Waals surface area contributed by atoms with Gasteiger partial charge >= 0.3 is 6.03 Å². The number of benzene rings is 3. The van der Waals surface area contributed by atoms with Crippen molar-refractivity contribution < 1.29 is 9.18 Å². The molecule has 37 heavy (non-hydrogen) atoms. The van der Waals surface area contributed by atoms with Gasteiger partial charge in [-0.25, -0.2) is 13.9 Å². The summed E-state index contributed by atoms with van der Waals surface area (Å²) in [6, 6.07) is 26.5. The van der Waals surface area contributed by atoms with Gasteiger partial charge in [-0.1, -0.05) is 41.9 Å². The Bertz CT molecular complexity index is 1590. The topological polar surface area (TPSA) is 55.1 Å². The van der Waals surface area contributed by atoms with Crippen LogP contribution in [0, 0.1) is 12.7 Å². The van der Waals surface area contributed by atoms with Crippen molar-refractivity contribution in [3.63, 3.8) is 0 Å². The van der Waals surface area contributed by atoms with E-state index in [1.165, 1.54) is 12.1 Å². The molecule has 0 fully saturated rings. The van der Waals surface area contributed by atoms with E-state index in [1.807, 2.05) is 84.5 Å². The monoisotopic (exact) mass is 511 g/mol. The van der Waals surface area contributed by atoms with Gasteiger partial charge in [0.2, 0.25) is 0 Å². The van der Waals surface area contributed by atoms with E-state index in [0.717, 1.165) is 34.0 Å². The molecule has 3 aromatic carbocycles. The van der Waals surface area contributed by atoms with Crippen molar-refractivity contribution in [1.82, 2.24) is 19.2 Å². The van der Waals surface area contributed by atoms with Crippen LogP contribution in [0.5, 0.6) is 0 Å². The number of nitrogens with zero attached hydrogens (tertiary/aromatic N) is 4. The fourth-order valence-electron chi connectivity index (χ4n) is 4.91. The molecule has 5 aromatic rings. The molecule has 0 aliphatic carbocycles. The summed E-state index contributed by atoms with van der Waals surface area (Å²) in [4.78, 5) is 15.6. The summed E-state index contributed by atoms with van der Waals surface area (Å²) in [6.45, 7) is 2.26. The number of hydrogen-bond donors (Lipinski definition) is 1. The van der Waals surface area contributed by atoms with Gasteiger partial charge in [0.25, 0.3) is 0 Å². The number of rotatable bonds is 3. The van der Waals surface area contributed by atoms with Crippen LogP contribution in [-0.4, -0.2) is 25.3 Å². The minimum atomic E-state index is -0.440. The van der Waals surface area contributed by atoms with E-state index < -0.39 is 6.04 Å². The molecule has 0 spiro atoms. The largest absolute Gasteiger partial charge is 0.322 e. The van der Waals surface area contributed by atoms with E-state index in [1.54, 1.807) is 17.0 Å². The summed E-state index contributed by atoms with van der Waals surface area (Å²) >= 11 is 6.40. The standard InChI is InChI=1S/C29H23ClFN5O/c1-19-25-18-35(29(37)32-23-14-12-22(31)13-15-23)27(20-7-5-8-21(30)17-20)26-11-6-16-34(26)28(25)36(33-19)24-9-3-2-4-10-24/h2-17,27H,18H2,1H3,(H,32,37). The molecule has 1 atom stereocenters. The molecule has 0 saturated heterocycles. The molecule has 1 N–H and O–H groups in total. The average molecular weight is 512 g/mol. The maximum atomic E-state index is 13.9. The van der Waals surface area contributed by atoms with E-state index in [9.17, 15) is 9.18 Å². The molecular weight excluding hydrogens is 489 g/mol. The summed E-state index contributed by atoms with van der Waals surface area (Å²) in [5.74, 6) is 0.517. The second-order valence-electron chi connectivity index (χ2n) is 8.96.